The number of carbonyl (C=O) groups excluding carboxylic acids is 4. The molecule has 0 radical (unpaired) electrons. The zero-order chi connectivity index (χ0) is 22.9. The lowest BCUT2D eigenvalue weighted by Gasteiger charge is -2.55. The van der Waals surface area contributed by atoms with Gasteiger partial charge >= 0.3 is 5.97 Å². The van der Waals surface area contributed by atoms with Crippen molar-refractivity contribution in [3.8, 4) is 0 Å². The van der Waals surface area contributed by atoms with E-state index in [4.69, 9.17) is 27.9 Å². The Bertz CT molecular complexity index is 913. The lowest BCUT2D eigenvalue weighted by molar-refractivity contribution is -0.157. The molecule has 4 aliphatic carbocycles. The van der Waals surface area contributed by atoms with Crippen LogP contribution in [0.1, 0.15) is 48.9 Å². The van der Waals surface area contributed by atoms with E-state index in [9.17, 15) is 19.2 Å². The minimum Gasteiger partial charge on any atom is -0.456 e. The molecule has 32 heavy (non-hydrogen) atoms. The van der Waals surface area contributed by atoms with Crippen molar-refractivity contribution in [2.24, 2.45) is 23.2 Å². The topological polar surface area (TPSA) is 102 Å². The van der Waals surface area contributed by atoms with Crippen LogP contribution in [0.3, 0.4) is 0 Å². The fraction of sp³-hybridized carbons (Fsp3) is 0.565. The molecule has 0 aromatic heterocycles. The average Bonchev–Trinajstić information content (AvgIpc) is 2.73. The lowest BCUT2D eigenvalue weighted by Crippen LogP contribution is -2.51. The number of hydrogen-bond donors (Lipinski definition) is 2. The van der Waals surface area contributed by atoms with Crippen molar-refractivity contribution < 1.29 is 23.9 Å². The van der Waals surface area contributed by atoms with Crippen LogP contribution in [0.25, 0.3) is 0 Å². The molecule has 2 N–H and O–H groups in total. The first-order valence-electron chi connectivity index (χ1n) is 10.9. The molecule has 0 atom stereocenters. The van der Waals surface area contributed by atoms with Gasteiger partial charge < -0.3 is 15.4 Å². The first kappa shape index (κ1) is 23.1. The Morgan fingerprint density at radius 3 is 2.16 bits per heavy atom. The van der Waals surface area contributed by atoms with E-state index < -0.39 is 17.8 Å². The maximum absolute atomic E-state index is 12.9. The number of ketones is 1. The summed E-state index contributed by atoms with van der Waals surface area (Å²) in [5.74, 6) is 0.153. The molecule has 4 aliphatic rings. The number of carbonyl (C=O) groups is 4. The Morgan fingerprint density at radius 1 is 0.938 bits per heavy atom. The van der Waals surface area contributed by atoms with Gasteiger partial charge in [-0.2, -0.15) is 0 Å². The molecule has 5 rings (SSSR count). The molecule has 0 heterocycles. The summed E-state index contributed by atoms with van der Waals surface area (Å²) in [4.78, 5) is 48.9. The van der Waals surface area contributed by atoms with Crippen LogP contribution in [0, 0.1) is 23.2 Å². The van der Waals surface area contributed by atoms with Gasteiger partial charge in [0.25, 0.3) is 5.91 Å². The van der Waals surface area contributed by atoms with E-state index in [1.54, 1.807) is 0 Å². The molecule has 0 unspecified atom stereocenters. The minimum atomic E-state index is -0.677. The van der Waals surface area contributed by atoms with Crippen molar-refractivity contribution >= 4 is 46.8 Å². The second kappa shape index (κ2) is 9.40. The maximum Gasteiger partial charge on any atom is 0.325 e. The molecule has 1 aromatic rings. The number of esters is 1. The third kappa shape index (κ3) is 5.09. The summed E-state index contributed by atoms with van der Waals surface area (Å²) in [6, 6.07) is 4.40. The molecule has 4 bridgehead atoms. The van der Waals surface area contributed by atoms with Gasteiger partial charge in [-0.3, -0.25) is 19.2 Å². The number of Topliss-reactive ketones (excluding diaryl/α,β-unsaturated/α-hetero) is 1. The van der Waals surface area contributed by atoms with Crippen molar-refractivity contribution in [2.75, 3.05) is 19.7 Å². The Balaban J connectivity index is 1.17. The number of benzene rings is 1. The quantitative estimate of drug-likeness (QED) is 0.556. The van der Waals surface area contributed by atoms with Gasteiger partial charge in [0.1, 0.15) is 6.54 Å². The first-order chi connectivity index (χ1) is 15.2. The van der Waals surface area contributed by atoms with Crippen LogP contribution in [0.4, 0.5) is 0 Å². The van der Waals surface area contributed by atoms with E-state index in [1.165, 1.54) is 37.5 Å². The highest BCUT2D eigenvalue weighted by molar-refractivity contribution is 6.36. The van der Waals surface area contributed by atoms with Gasteiger partial charge in [0.05, 0.1) is 17.1 Å². The molecule has 172 valence electrons. The molecular weight excluding hydrogens is 455 g/mol. The number of rotatable bonds is 8. The summed E-state index contributed by atoms with van der Waals surface area (Å²) in [5, 5.41) is 5.36. The predicted molar refractivity (Wildman–Crippen MR) is 118 cm³/mol. The maximum atomic E-state index is 12.9. The van der Waals surface area contributed by atoms with Crippen LogP contribution in [0.2, 0.25) is 10.0 Å². The predicted octanol–water partition coefficient (Wildman–Crippen LogP) is 3.17. The highest BCUT2D eigenvalue weighted by Gasteiger charge is 2.54. The van der Waals surface area contributed by atoms with Gasteiger partial charge in [-0.05, 0) is 74.5 Å². The molecule has 1 aromatic carbocycles. The smallest absolute Gasteiger partial charge is 0.325 e. The normalized spacial score (nSPS) is 27.6. The van der Waals surface area contributed by atoms with Crippen LogP contribution in [0.5, 0.6) is 0 Å². The third-order valence-electron chi connectivity index (χ3n) is 7.01. The Kier molecular flexibility index (Phi) is 6.77. The molecule has 4 fully saturated rings. The number of ether oxygens (including phenoxy) is 1. The largest absolute Gasteiger partial charge is 0.456 e. The number of amides is 2. The Morgan fingerprint density at radius 2 is 1.56 bits per heavy atom. The van der Waals surface area contributed by atoms with E-state index in [0.29, 0.717) is 22.8 Å². The van der Waals surface area contributed by atoms with Gasteiger partial charge in [0.15, 0.2) is 12.4 Å². The van der Waals surface area contributed by atoms with Crippen LogP contribution in [0.15, 0.2) is 18.2 Å². The Labute approximate surface area is 196 Å². The van der Waals surface area contributed by atoms with Crippen molar-refractivity contribution in [3.63, 3.8) is 0 Å². The van der Waals surface area contributed by atoms with Gasteiger partial charge in [-0.15, -0.1) is 0 Å². The Hall–Kier alpha value is -2.12. The summed E-state index contributed by atoms with van der Waals surface area (Å²) in [7, 11) is 0. The second-order valence-corrected chi connectivity index (χ2v) is 10.2. The standard InChI is InChI=1S/C23H26Cl2N2O5/c24-16-1-2-17(18(25)6-16)22(31)27-10-20(29)26-11-21(30)32-12-19(28)23-7-13-3-14(8-23)5-15(4-13)9-23/h1-2,6,13-15H,3-5,7-12H2,(H,26,29)(H,27,31). The fourth-order valence-corrected chi connectivity index (χ4v) is 6.46. The van der Waals surface area contributed by atoms with E-state index in [2.05, 4.69) is 10.6 Å². The van der Waals surface area contributed by atoms with Crippen LogP contribution >= 0.6 is 23.2 Å². The van der Waals surface area contributed by atoms with E-state index in [1.807, 2.05) is 0 Å². The summed E-state index contributed by atoms with van der Waals surface area (Å²) in [5.41, 5.74) is -0.127. The molecule has 4 saturated carbocycles. The second-order valence-electron chi connectivity index (χ2n) is 9.37. The first-order valence-corrected chi connectivity index (χ1v) is 11.7. The van der Waals surface area contributed by atoms with E-state index in [-0.39, 0.29) is 41.5 Å². The molecular formula is C23H26Cl2N2O5. The summed E-state index contributed by atoms with van der Waals surface area (Å²) in [6.45, 7) is -0.950. The molecule has 0 saturated heterocycles. The average molecular weight is 481 g/mol. The summed E-state index contributed by atoms with van der Waals surface area (Å²) < 4.78 is 5.15. The molecule has 7 nitrogen and oxygen atoms in total. The molecule has 0 spiro atoms. The third-order valence-corrected chi connectivity index (χ3v) is 7.56. The fourth-order valence-electron chi connectivity index (χ4n) is 5.96. The SMILES string of the molecule is O=C(CNC(=O)c1ccc(Cl)cc1Cl)NCC(=O)OCC(=O)C12CC3CC(CC(C3)C1)C2. The van der Waals surface area contributed by atoms with Crippen molar-refractivity contribution in [1.82, 2.24) is 10.6 Å². The van der Waals surface area contributed by atoms with E-state index >= 15 is 0 Å². The van der Waals surface area contributed by atoms with Gasteiger partial charge in [-0.1, -0.05) is 23.2 Å². The summed E-state index contributed by atoms with van der Waals surface area (Å²) in [6.07, 6.45) is 6.47. The highest BCUT2D eigenvalue weighted by atomic mass is 35.5. The van der Waals surface area contributed by atoms with Gasteiger partial charge in [0.2, 0.25) is 5.91 Å². The van der Waals surface area contributed by atoms with Crippen LogP contribution in [-0.2, 0) is 19.1 Å². The summed E-state index contributed by atoms with van der Waals surface area (Å²) >= 11 is 11.8. The number of hydrogen-bond acceptors (Lipinski definition) is 5. The van der Waals surface area contributed by atoms with Crippen LogP contribution in [-0.4, -0.2) is 43.3 Å². The van der Waals surface area contributed by atoms with Crippen molar-refractivity contribution in [3.05, 3.63) is 33.8 Å². The number of nitrogens with one attached hydrogen (secondary N) is 2. The van der Waals surface area contributed by atoms with Crippen molar-refractivity contribution in [1.29, 1.82) is 0 Å². The minimum absolute atomic E-state index is 0.0170. The zero-order valence-electron chi connectivity index (χ0n) is 17.6. The van der Waals surface area contributed by atoms with Crippen LogP contribution < -0.4 is 10.6 Å². The highest BCUT2D eigenvalue weighted by Crippen LogP contribution is 2.60. The molecule has 0 aliphatic heterocycles. The zero-order valence-corrected chi connectivity index (χ0v) is 19.1. The van der Waals surface area contributed by atoms with Gasteiger partial charge in [0, 0.05) is 10.4 Å². The molecule has 2 amide bonds. The molecule has 9 heteroatoms. The van der Waals surface area contributed by atoms with Gasteiger partial charge in [-0.25, -0.2) is 0 Å². The van der Waals surface area contributed by atoms with Crippen molar-refractivity contribution in [2.45, 2.75) is 38.5 Å². The number of halogens is 2. The van der Waals surface area contributed by atoms with E-state index in [0.717, 1.165) is 19.3 Å². The monoisotopic (exact) mass is 480 g/mol. The lowest BCUT2D eigenvalue weighted by atomic mass is 9.48.